The van der Waals surface area contributed by atoms with Crippen LogP contribution in [0.3, 0.4) is 0 Å². The molecule has 0 atom stereocenters. The summed E-state index contributed by atoms with van der Waals surface area (Å²) in [6, 6.07) is 19.0. The molecule has 1 aromatic heterocycles. The van der Waals surface area contributed by atoms with Crippen molar-refractivity contribution in [3.05, 3.63) is 64.9 Å². The second-order valence-corrected chi connectivity index (χ2v) is 7.61. The molecule has 0 N–H and O–H groups in total. The number of piperazine rings is 1. The Morgan fingerprint density at radius 1 is 0.929 bits per heavy atom. The summed E-state index contributed by atoms with van der Waals surface area (Å²) in [5.41, 5.74) is 3.68. The lowest BCUT2D eigenvalue weighted by atomic mass is 10.1. The number of rotatable bonds is 5. The molecule has 1 fully saturated rings. The second-order valence-electron chi connectivity index (χ2n) is 7.25. The molecule has 146 valence electrons. The Kier molecular flexibility index (Phi) is 5.59. The van der Waals surface area contributed by atoms with E-state index in [9.17, 15) is 0 Å². The molecule has 0 radical (unpaired) electrons. The van der Waals surface area contributed by atoms with Crippen LogP contribution in [0.5, 0.6) is 0 Å². The molecule has 2 heterocycles. The topological polar surface area (TPSA) is 29.2 Å². The highest BCUT2D eigenvalue weighted by Gasteiger charge is 2.19. The largest absolute Gasteiger partial charge is 0.369 e. The third-order valence-corrected chi connectivity index (χ3v) is 5.88. The smallest absolute Gasteiger partial charge is 0.199 e. The predicted octanol–water partition coefficient (Wildman–Crippen LogP) is 4.19. The van der Waals surface area contributed by atoms with Crippen molar-refractivity contribution in [2.24, 2.45) is 0 Å². The van der Waals surface area contributed by atoms with Gasteiger partial charge < -0.3 is 9.47 Å². The van der Waals surface area contributed by atoms with Gasteiger partial charge in [-0.05, 0) is 43.8 Å². The van der Waals surface area contributed by atoms with Gasteiger partial charge in [0, 0.05) is 44.0 Å². The average molecular weight is 394 g/mol. The van der Waals surface area contributed by atoms with Crippen LogP contribution >= 0.6 is 12.2 Å². The van der Waals surface area contributed by atoms with Gasteiger partial charge in [0.2, 0.25) is 0 Å². The number of para-hydroxylation sites is 1. The van der Waals surface area contributed by atoms with E-state index in [4.69, 9.17) is 17.3 Å². The minimum Gasteiger partial charge on any atom is -0.369 e. The first-order valence-corrected chi connectivity index (χ1v) is 10.3. The van der Waals surface area contributed by atoms with E-state index < -0.39 is 0 Å². The molecule has 0 unspecified atom stereocenters. The highest BCUT2D eigenvalue weighted by molar-refractivity contribution is 7.71. The van der Waals surface area contributed by atoms with Crippen molar-refractivity contribution in [3.8, 4) is 11.4 Å². The molecule has 0 spiro atoms. The molecule has 2 aromatic carbocycles. The van der Waals surface area contributed by atoms with Crippen LogP contribution in [0.2, 0.25) is 0 Å². The molecule has 1 saturated heterocycles. The summed E-state index contributed by atoms with van der Waals surface area (Å²) in [7, 11) is 0. The van der Waals surface area contributed by atoms with Crippen molar-refractivity contribution in [2.45, 2.75) is 27.1 Å². The third kappa shape index (κ3) is 3.75. The molecule has 28 heavy (non-hydrogen) atoms. The van der Waals surface area contributed by atoms with E-state index in [0.717, 1.165) is 55.6 Å². The average Bonchev–Trinajstić information content (AvgIpc) is 3.04. The summed E-state index contributed by atoms with van der Waals surface area (Å²) >= 11 is 5.75. The molecule has 0 bridgehead atoms. The molecular formula is C22H27N5S. The van der Waals surface area contributed by atoms with Crippen LogP contribution in [0.15, 0.2) is 54.6 Å². The summed E-state index contributed by atoms with van der Waals surface area (Å²) in [5.74, 6) is 0.966. The Morgan fingerprint density at radius 3 is 2.29 bits per heavy atom. The molecule has 0 amide bonds. The summed E-state index contributed by atoms with van der Waals surface area (Å²) in [6.07, 6.45) is 0. The van der Waals surface area contributed by atoms with Crippen molar-refractivity contribution < 1.29 is 0 Å². The highest BCUT2D eigenvalue weighted by atomic mass is 32.1. The number of aromatic nitrogens is 3. The van der Waals surface area contributed by atoms with Crippen LogP contribution in [-0.4, -0.2) is 45.4 Å². The number of hydrogen-bond acceptors (Lipinski definition) is 4. The number of aryl methyl sites for hydroxylation is 1. The van der Waals surface area contributed by atoms with Gasteiger partial charge in [-0.1, -0.05) is 42.5 Å². The fourth-order valence-electron chi connectivity index (χ4n) is 3.82. The summed E-state index contributed by atoms with van der Waals surface area (Å²) in [6.45, 7) is 9.89. The molecular weight excluding hydrogens is 366 g/mol. The Bertz CT molecular complexity index is 984. The van der Waals surface area contributed by atoms with Crippen LogP contribution in [0, 0.1) is 11.7 Å². The van der Waals surface area contributed by atoms with Crippen molar-refractivity contribution in [1.29, 1.82) is 0 Å². The summed E-state index contributed by atoms with van der Waals surface area (Å²) in [4.78, 5) is 4.88. The molecule has 6 heteroatoms. The molecule has 0 saturated carbocycles. The van der Waals surface area contributed by atoms with E-state index in [-0.39, 0.29) is 0 Å². The van der Waals surface area contributed by atoms with Crippen molar-refractivity contribution in [3.63, 3.8) is 0 Å². The number of nitrogens with zero attached hydrogens (tertiary/aromatic N) is 5. The summed E-state index contributed by atoms with van der Waals surface area (Å²) in [5, 5.41) is 4.90. The van der Waals surface area contributed by atoms with Gasteiger partial charge in [-0.3, -0.25) is 4.90 Å². The maximum atomic E-state index is 5.75. The normalized spacial score (nSPS) is 15.1. The monoisotopic (exact) mass is 393 g/mol. The maximum Gasteiger partial charge on any atom is 0.199 e. The first-order valence-electron chi connectivity index (χ1n) is 9.93. The standard InChI is InChI=1S/C22H27N5S/c1-3-26-21(20-12-8-7-9-18(20)2)23-27(22(26)28)17-24-13-15-25(16-14-24)19-10-5-4-6-11-19/h4-12H,3,13-17H2,1-2H3. The fraction of sp³-hybridized carbons (Fsp3) is 0.364. The zero-order chi connectivity index (χ0) is 19.5. The number of anilines is 1. The van der Waals surface area contributed by atoms with Crippen LogP contribution in [0.1, 0.15) is 12.5 Å². The second kappa shape index (κ2) is 8.29. The SMILES string of the molecule is CCn1c(-c2ccccc2C)nn(CN2CCN(c3ccccc3)CC2)c1=S. The van der Waals surface area contributed by atoms with E-state index in [1.54, 1.807) is 0 Å². The Balaban J connectivity index is 1.50. The van der Waals surface area contributed by atoms with Crippen LogP contribution in [0.4, 0.5) is 5.69 Å². The Hall–Kier alpha value is -2.44. The van der Waals surface area contributed by atoms with E-state index in [0.29, 0.717) is 0 Å². The van der Waals surface area contributed by atoms with E-state index in [2.05, 4.69) is 82.8 Å². The van der Waals surface area contributed by atoms with E-state index >= 15 is 0 Å². The zero-order valence-electron chi connectivity index (χ0n) is 16.6. The Morgan fingerprint density at radius 2 is 1.61 bits per heavy atom. The van der Waals surface area contributed by atoms with Crippen LogP contribution in [0.25, 0.3) is 11.4 Å². The van der Waals surface area contributed by atoms with Crippen molar-refractivity contribution in [1.82, 2.24) is 19.2 Å². The lowest BCUT2D eigenvalue weighted by molar-refractivity contribution is 0.194. The third-order valence-electron chi connectivity index (χ3n) is 5.45. The fourth-order valence-corrected chi connectivity index (χ4v) is 4.13. The number of benzene rings is 2. The Labute approximate surface area is 171 Å². The highest BCUT2D eigenvalue weighted by Crippen LogP contribution is 2.23. The van der Waals surface area contributed by atoms with Crippen LogP contribution in [-0.2, 0) is 13.2 Å². The lowest BCUT2D eigenvalue weighted by Crippen LogP contribution is -2.47. The first kappa shape index (κ1) is 18.9. The van der Waals surface area contributed by atoms with E-state index in [1.807, 2.05) is 4.68 Å². The quantitative estimate of drug-likeness (QED) is 0.608. The van der Waals surface area contributed by atoms with Crippen LogP contribution < -0.4 is 4.90 Å². The predicted molar refractivity (Wildman–Crippen MR) is 117 cm³/mol. The van der Waals surface area contributed by atoms with E-state index in [1.165, 1.54) is 11.3 Å². The van der Waals surface area contributed by atoms with Gasteiger partial charge >= 0.3 is 0 Å². The van der Waals surface area contributed by atoms with Crippen molar-refractivity contribution in [2.75, 3.05) is 31.1 Å². The number of hydrogen-bond donors (Lipinski definition) is 0. The minimum atomic E-state index is 0.743. The first-order chi connectivity index (χ1) is 13.7. The van der Waals surface area contributed by atoms with Gasteiger partial charge in [-0.15, -0.1) is 0 Å². The molecule has 1 aliphatic heterocycles. The molecule has 1 aliphatic rings. The van der Waals surface area contributed by atoms with Gasteiger partial charge in [0.05, 0.1) is 6.67 Å². The molecule has 3 aromatic rings. The lowest BCUT2D eigenvalue weighted by Gasteiger charge is -2.35. The zero-order valence-corrected chi connectivity index (χ0v) is 17.4. The molecule has 0 aliphatic carbocycles. The molecule has 4 rings (SSSR count). The van der Waals surface area contributed by atoms with Gasteiger partial charge in [0.25, 0.3) is 0 Å². The van der Waals surface area contributed by atoms with Gasteiger partial charge in [0.1, 0.15) is 0 Å². The van der Waals surface area contributed by atoms with Crippen molar-refractivity contribution >= 4 is 17.9 Å². The van der Waals surface area contributed by atoms with Gasteiger partial charge in [-0.25, -0.2) is 4.68 Å². The minimum absolute atomic E-state index is 0.743. The van der Waals surface area contributed by atoms with Gasteiger partial charge in [-0.2, -0.15) is 5.10 Å². The summed E-state index contributed by atoms with van der Waals surface area (Å²) < 4.78 is 4.92. The van der Waals surface area contributed by atoms with Gasteiger partial charge in [0.15, 0.2) is 10.6 Å². The maximum absolute atomic E-state index is 5.75. The molecule has 5 nitrogen and oxygen atoms in total.